The van der Waals surface area contributed by atoms with Crippen LogP contribution < -0.4 is 0 Å². The SMILES string of the molecule is CCn1cc(Cl)c(CN(C)S(=O)(=O)c2cnn(CC)c2C)n1. The zero-order valence-corrected chi connectivity index (χ0v) is 14.7. The van der Waals surface area contributed by atoms with Gasteiger partial charge in [-0.25, -0.2) is 8.42 Å². The van der Waals surface area contributed by atoms with Crippen LogP contribution in [0, 0.1) is 6.92 Å². The summed E-state index contributed by atoms with van der Waals surface area (Å²) in [6, 6.07) is 0. The van der Waals surface area contributed by atoms with Crippen LogP contribution in [-0.2, 0) is 29.7 Å². The molecule has 0 fully saturated rings. The Morgan fingerprint density at radius 1 is 1.32 bits per heavy atom. The molecule has 0 bridgehead atoms. The van der Waals surface area contributed by atoms with E-state index < -0.39 is 10.0 Å². The van der Waals surface area contributed by atoms with E-state index in [1.165, 1.54) is 17.5 Å². The van der Waals surface area contributed by atoms with Crippen LogP contribution in [0.2, 0.25) is 5.02 Å². The summed E-state index contributed by atoms with van der Waals surface area (Å²) in [5, 5.41) is 8.83. The zero-order chi connectivity index (χ0) is 16.5. The summed E-state index contributed by atoms with van der Waals surface area (Å²) in [6.45, 7) is 7.02. The van der Waals surface area contributed by atoms with Gasteiger partial charge in [-0.05, 0) is 20.8 Å². The van der Waals surface area contributed by atoms with Crippen LogP contribution in [0.3, 0.4) is 0 Å². The minimum absolute atomic E-state index is 0.116. The molecule has 0 spiro atoms. The summed E-state index contributed by atoms with van der Waals surface area (Å²) in [6.07, 6.45) is 3.08. The number of sulfonamides is 1. The Balaban J connectivity index is 2.28. The minimum Gasteiger partial charge on any atom is -0.271 e. The Hall–Kier alpha value is -1.38. The average Bonchev–Trinajstić information content (AvgIpc) is 3.02. The molecule has 0 aliphatic rings. The molecule has 7 nitrogen and oxygen atoms in total. The highest BCUT2D eigenvalue weighted by Crippen LogP contribution is 2.22. The molecule has 122 valence electrons. The van der Waals surface area contributed by atoms with E-state index in [0.29, 0.717) is 29.5 Å². The van der Waals surface area contributed by atoms with Gasteiger partial charge in [0.2, 0.25) is 10.0 Å². The highest BCUT2D eigenvalue weighted by molar-refractivity contribution is 7.89. The van der Waals surface area contributed by atoms with Crippen molar-refractivity contribution in [3.05, 3.63) is 28.8 Å². The molecular formula is C13H20ClN5O2S. The third-order valence-corrected chi connectivity index (χ3v) is 5.75. The van der Waals surface area contributed by atoms with Gasteiger partial charge in [0.1, 0.15) is 4.90 Å². The van der Waals surface area contributed by atoms with E-state index in [4.69, 9.17) is 11.6 Å². The van der Waals surface area contributed by atoms with Gasteiger partial charge in [0, 0.05) is 26.3 Å². The highest BCUT2D eigenvalue weighted by atomic mass is 35.5. The van der Waals surface area contributed by atoms with Crippen molar-refractivity contribution in [1.82, 2.24) is 23.9 Å². The minimum atomic E-state index is -3.63. The van der Waals surface area contributed by atoms with Crippen molar-refractivity contribution in [3.63, 3.8) is 0 Å². The molecule has 2 heterocycles. The Labute approximate surface area is 135 Å². The molecule has 2 aromatic rings. The van der Waals surface area contributed by atoms with Crippen molar-refractivity contribution in [1.29, 1.82) is 0 Å². The fourth-order valence-corrected chi connectivity index (χ4v) is 3.67. The number of rotatable bonds is 6. The van der Waals surface area contributed by atoms with Crippen LogP contribution in [0.4, 0.5) is 0 Å². The third-order valence-electron chi connectivity index (χ3n) is 3.53. The van der Waals surface area contributed by atoms with Gasteiger partial charge in [0.25, 0.3) is 0 Å². The van der Waals surface area contributed by atoms with Crippen LogP contribution >= 0.6 is 11.6 Å². The van der Waals surface area contributed by atoms with E-state index in [2.05, 4.69) is 10.2 Å². The van der Waals surface area contributed by atoms with Gasteiger partial charge in [0.15, 0.2) is 0 Å². The topological polar surface area (TPSA) is 73.0 Å². The van der Waals surface area contributed by atoms with Crippen LogP contribution in [-0.4, -0.2) is 39.3 Å². The van der Waals surface area contributed by atoms with Crippen molar-refractivity contribution >= 4 is 21.6 Å². The first-order valence-electron chi connectivity index (χ1n) is 7.01. The van der Waals surface area contributed by atoms with Crippen molar-refractivity contribution < 1.29 is 8.42 Å². The molecule has 2 aromatic heterocycles. The van der Waals surface area contributed by atoms with Crippen LogP contribution in [0.15, 0.2) is 17.3 Å². The summed E-state index contributed by atoms with van der Waals surface area (Å²) in [5.41, 5.74) is 1.16. The second kappa shape index (κ2) is 6.39. The van der Waals surface area contributed by atoms with Gasteiger partial charge in [-0.2, -0.15) is 14.5 Å². The normalized spacial score (nSPS) is 12.3. The molecule has 0 radical (unpaired) electrons. The quantitative estimate of drug-likeness (QED) is 0.801. The first kappa shape index (κ1) is 17.0. The molecule has 0 N–H and O–H groups in total. The van der Waals surface area contributed by atoms with Crippen molar-refractivity contribution in [2.45, 2.75) is 45.3 Å². The predicted molar refractivity (Wildman–Crippen MR) is 84.2 cm³/mol. The highest BCUT2D eigenvalue weighted by Gasteiger charge is 2.26. The summed E-state index contributed by atoms with van der Waals surface area (Å²) >= 11 is 6.10. The maximum Gasteiger partial charge on any atom is 0.246 e. The van der Waals surface area contributed by atoms with Crippen molar-refractivity contribution in [2.24, 2.45) is 0 Å². The zero-order valence-electron chi connectivity index (χ0n) is 13.1. The molecule has 0 unspecified atom stereocenters. The lowest BCUT2D eigenvalue weighted by Gasteiger charge is -2.16. The number of nitrogens with zero attached hydrogens (tertiary/aromatic N) is 5. The fourth-order valence-electron chi connectivity index (χ4n) is 2.17. The Kier molecular flexibility index (Phi) is 4.93. The number of halogens is 1. The first-order valence-corrected chi connectivity index (χ1v) is 8.83. The van der Waals surface area contributed by atoms with Crippen molar-refractivity contribution in [3.8, 4) is 0 Å². The standard InChI is InChI=1S/C13H20ClN5O2S/c1-5-18-8-11(14)12(16-18)9-17(4)22(20,21)13-7-15-19(6-2)10(13)3/h7-8H,5-6,9H2,1-4H3. The second-order valence-electron chi connectivity index (χ2n) is 4.95. The number of aromatic nitrogens is 4. The number of hydrogen-bond acceptors (Lipinski definition) is 4. The molecule has 22 heavy (non-hydrogen) atoms. The van der Waals surface area contributed by atoms with Gasteiger partial charge >= 0.3 is 0 Å². The van der Waals surface area contributed by atoms with Gasteiger partial charge < -0.3 is 0 Å². The summed E-state index contributed by atoms with van der Waals surface area (Å²) in [4.78, 5) is 0.211. The Bertz CT molecular complexity index is 765. The molecule has 0 saturated carbocycles. The molecule has 0 saturated heterocycles. The predicted octanol–water partition coefficient (Wildman–Crippen LogP) is 1.90. The number of aryl methyl sites for hydroxylation is 2. The molecular weight excluding hydrogens is 326 g/mol. The van der Waals surface area contributed by atoms with Crippen LogP contribution in [0.25, 0.3) is 0 Å². The van der Waals surface area contributed by atoms with Gasteiger partial charge in [-0.15, -0.1) is 0 Å². The number of hydrogen-bond donors (Lipinski definition) is 0. The maximum atomic E-state index is 12.7. The van der Waals surface area contributed by atoms with Crippen molar-refractivity contribution in [2.75, 3.05) is 7.05 Å². The van der Waals surface area contributed by atoms with E-state index in [9.17, 15) is 8.42 Å². The summed E-state index contributed by atoms with van der Waals surface area (Å²) in [5.74, 6) is 0. The first-order chi connectivity index (χ1) is 10.3. The molecule has 9 heteroatoms. The lowest BCUT2D eigenvalue weighted by molar-refractivity contribution is 0.458. The van der Waals surface area contributed by atoms with Gasteiger partial charge in [-0.1, -0.05) is 11.6 Å². The fraction of sp³-hybridized carbons (Fsp3) is 0.538. The van der Waals surface area contributed by atoms with E-state index in [1.54, 1.807) is 22.5 Å². The second-order valence-corrected chi connectivity index (χ2v) is 7.37. The van der Waals surface area contributed by atoms with Crippen LogP contribution in [0.5, 0.6) is 0 Å². The molecule has 0 amide bonds. The molecule has 0 aliphatic carbocycles. The Morgan fingerprint density at radius 3 is 2.50 bits per heavy atom. The summed E-state index contributed by atoms with van der Waals surface area (Å²) in [7, 11) is -2.12. The maximum absolute atomic E-state index is 12.7. The van der Waals surface area contributed by atoms with E-state index in [0.717, 1.165) is 0 Å². The van der Waals surface area contributed by atoms with Gasteiger partial charge in [0.05, 0.1) is 29.2 Å². The molecule has 0 atom stereocenters. The largest absolute Gasteiger partial charge is 0.271 e. The van der Waals surface area contributed by atoms with E-state index in [1.807, 2.05) is 13.8 Å². The Morgan fingerprint density at radius 2 is 2.00 bits per heavy atom. The smallest absolute Gasteiger partial charge is 0.246 e. The monoisotopic (exact) mass is 345 g/mol. The molecule has 2 rings (SSSR count). The molecule has 0 aromatic carbocycles. The average molecular weight is 346 g/mol. The lowest BCUT2D eigenvalue weighted by Crippen LogP contribution is -2.27. The third kappa shape index (κ3) is 3.04. The molecule has 0 aliphatic heterocycles. The van der Waals surface area contributed by atoms with E-state index in [-0.39, 0.29) is 11.4 Å². The van der Waals surface area contributed by atoms with Crippen LogP contribution in [0.1, 0.15) is 25.2 Å². The lowest BCUT2D eigenvalue weighted by atomic mass is 10.4. The van der Waals surface area contributed by atoms with Gasteiger partial charge in [-0.3, -0.25) is 9.36 Å². The summed E-state index contributed by atoms with van der Waals surface area (Å²) < 4.78 is 29.9. The van der Waals surface area contributed by atoms with E-state index >= 15 is 0 Å².